The molecule has 0 aliphatic carbocycles. The minimum Gasteiger partial charge on any atom is -0.453 e. The Kier molecular flexibility index (Phi) is 8.76. The van der Waals surface area contributed by atoms with Crippen molar-refractivity contribution in [2.45, 2.75) is 9.79 Å². The molecule has 280 valence electrons. The number of anilines is 6. The highest BCUT2D eigenvalue weighted by Gasteiger charge is 2.42. The van der Waals surface area contributed by atoms with E-state index < -0.39 is 8.07 Å². The first-order valence-corrected chi connectivity index (χ1v) is 22.8. The molecule has 0 saturated carbocycles. The molecule has 0 spiro atoms. The van der Waals surface area contributed by atoms with Crippen LogP contribution in [0, 0.1) is 0 Å². The highest BCUT2D eigenvalue weighted by Crippen LogP contribution is 2.57. The molecule has 2 aliphatic rings. The molecule has 0 N–H and O–H groups in total. The Morgan fingerprint density at radius 1 is 0.322 bits per heavy atom. The molecule has 0 amide bonds. The van der Waals surface area contributed by atoms with Crippen LogP contribution in [0.5, 0.6) is 11.5 Å². The molecule has 0 saturated heterocycles. The zero-order valence-electron chi connectivity index (χ0n) is 32.2. The van der Waals surface area contributed by atoms with Crippen molar-refractivity contribution < 1.29 is 4.74 Å². The van der Waals surface area contributed by atoms with Gasteiger partial charge in [-0.05, 0) is 87.0 Å². The van der Waals surface area contributed by atoms with Crippen LogP contribution in [-0.4, -0.2) is 8.07 Å². The van der Waals surface area contributed by atoms with Crippen molar-refractivity contribution >= 4 is 74.7 Å². The highest BCUT2D eigenvalue weighted by molar-refractivity contribution is 7.99. The maximum absolute atomic E-state index is 6.58. The van der Waals surface area contributed by atoms with Gasteiger partial charge in [0.25, 0.3) is 0 Å². The van der Waals surface area contributed by atoms with E-state index in [1.54, 1.807) is 0 Å². The van der Waals surface area contributed by atoms with Crippen LogP contribution in [0.3, 0.4) is 0 Å². The number of para-hydroxylation sites is 6. The molecular weight excluding hydrogens is 753 g/mol. The molecule has 0 unspecified atom stereocenters. The molecule has 2 heterocycles. The lowest BCUT2D eigenvalue weighted by Crippen LogP contribution is -2.74. The van der Waals surface area contributed by atoms with Gasteiger partial charge < -0.3 is 14.5 Å². The van der Waals surface area contributed by atoms with Crippen molar-refractivity contribution in [3.8, 4) is 22.6 Å². The highest BCUT2D eigenvalue weighted by atomic mass is 32.2. The number of ether oxygens (including phenoxy) is 1. The van der Waals surface area contributed by atoms with Crippen LogP contribution >= 0.6 is 11.8 Å². The van der Waals surface area contributed by atoms with Gasteiger partial charge in [-0.15, -0.1) is 0 Å². The number of fused-ring (bicyclic) bond motifs is 4. The molecule has 59 heavy (non-hydrogen) atoms. The van der Waals surface area contributed by atoms with Crippen LogP contribution < -0.4 is 35.3 Å². The summed E-state index contributed by atoms with van der Waals surface area (Å²) >= 11 is 1.83. The van der Waals surface area contributed by atoms with Gasteiger partial charge in [-0.1, -0.05) is 182 Å². The number of benzene rings is 9. The molecule has 0 atom stereocenters. The Morgan fingerprint density at radius 3 is 1.20 bits per heavy atom. The lowest BCUT2D eigenvalue weighted by atomic mass is 9.97. The van der Waals surface area contributed by atoms with E-state index in [-0.39, 0.29) is 0 Å². The first-order valence-electron chi connectivity index (χ1n) is 20.0. The van der Waals surface area contributed by atoms with Gasteiger partial charge in [0.2, 0.25) is 0 Å². The zero-order valence-corrected chi connectivity index (χ0v) is 34.0. The smallest absolute Gasteiger partial charge is 0.179 e. The van der Waals surface area contributed by atoms with E-state index in [9.17, 15) is 0 Å². The lowest BCUT2D eigenvalue weighted by molar-refractivity contribution is 0.477. The topological polar surface area (TPSA) is 15.7 Å². The molecule has 9 aromatic rings. The van der Waals surface area contributed by atoms with Gasteiger partial charge in [0.05, 0.1) is 34.1 Å². The molecule has 5 heteroatoms. The zero-order chi connectivity index (χ0) is 39.2. The average molecular weight is 791 g/mol. The summed E-state index contributed by atoms with van der Waals surface area (Å²) in [6.07, 6.45) is 0. The van der Waals surface area contributed by atoms with Gasteiger partial charge in [0.15, 0.2) is 19.6 Å². The SMILES string of the molecule is c1ccc([Si](c2ccccc2)(c2ccccc2)c2cccc(-c3c(N4c5ccccc5Oc5ccccc54)cccc3N3c4ccccc4Sc4ccccc43)c2)cc1. The van der Waals surface area contributed by atoms with Crippen LogP contribution in [0.25, 0.3) is 11.1 Å². The molecule has 2 aliphatic heterocycles. The number of hydrogen-bond donors (Lipinski definition) is 0. The van der Waals surface area contributed by atoms with E-state index in [1.807, 2.05) is 23.9 Å². The Balaban J connectivity index is 1.24. The fraction of sp³-hybridized carbons (Fsp3) is 0. The quantitative estimate of drug-likeness (QED) is 0.118. The third-order valence-corrected chi connectivity index (χ3v) is 17.5. The summed E-state index contributed by atoms with van der Waals surface area (Å²) in [6, 6.07) is 84.1. The van der Waals surface area contributed by atoms with Crippen molar-refractivity contribution in [2.75, 3.05) is 9.80 Å². The van der Waals surface area contributed by atoms with Crippen molar-refractivity contribution in [1.29, 1.82) is 0 Å². The van der Waals surface area contributed by atoms with Gasteiger partial charge in [-0.3, -0.25) is 0 Å². The van der Waals surface area contributed by atoms with Crippen LogP contribution in [0.15, 0.2) is 240 Å². The van der Waals surface area contributed by atoms with Gasteiger partial charge in [0, 0.05) is 15.4 Å². The van der Waals surface area contributed by atoms with Crippen molar-refractivity contribution in [3.05, 3.63) is 231 Å². The van der Waals surface area contributed by atoms with E-state index in [0.29, 0.717) is 0 Å². The van der Waals surface area contributed by atoms with E-state index in [2.05, 4.69) is 228 Å². The van der Waals surface area contributed by atoms with Gasteiger partial charge in [-0.2, -0.15) is 0 Å². The van der Waals surface area contributed by atoms with E-state index in [4.69, 9.17) is 4.74 Å². The summed E-state index contributed by atoms with van der Waals surface area (Å²) in [7, 11) is -2.86. The molecule has 9 aromatic carbocycles. The largest absolute Gasteiger partial charge is 0.453 e. The van der Waals surface area contributed by atoms with E-state index in [1.165, 1.54) is 30.5 Å². The van der Waals surface area contributed by atoms with Crippen LogP contribution in [0.2, 0.25) is 0 Å². The predicted octanol–water partition coefficient (Wildman–Crippen LogP) is 12.2. The van der Waals surface area contributed by atoms with Gasteiger partial charge in [0.1, 0.15) is 0 Å². The second-order valence-electron chi connectivity index (χ2n) is 14.8. The third-order valence-electron chi connectivity index (χ3n) is 11.6. The predicted molar refractivity (Wildman–Crippen MR) is 249 cm³/mol. The summed E-state index contributed by atoms with van der Waals surface area (Å²) < 4.78 is 6.58. The first kappa shape index (κ1) is 35.1. The second kappa shape index (κ2) is 14.7. The van der Waals surface area contributed by atoms with Crippen molar-refractivity contribution in [3.63, 3.8) is 0 Å². The molecule has 0 radical (unpaired) electrons. The summed E-state index contributed by atoms with van der Waals surface area (Å²) in [5, 5.41) is 5.34. The van der Waals surface area contributed by atoms with E-state index >= 15 is 0 Å². The molecule has 0 fully saturated rings. The number of hydrogen-bond acceptors (Lipinski definition) is 4. The van der Waals surface area contributed by atoms with Crippen LogP contribution in [0.4, 0.5) is 34.1 Å². The van der Waals surface area contributed by atoms with Crippen LogP contribution in [0.1, 0.15) is 0 Å². The third kappa shape index (κ3) is 5.81. The number of rotatable bonds is 7. The maximum atomic E-state index is 6.58. The lowest BCUT2D eigenvalue weighted by Gasteiger charge is -2.38. The second-order valence-corrected chi connectivity index (χ2v) is 19.7. The first-order chi connectivity index (χ1) is 29.3. The molecule has 11 rings (SSSR count). The van der Waals surface area contributed by atoms with Crippen LogP contribution in [-0.2, 0) is 0 Å². The normalized spacial score (nSPS) is 12.7. The molecule has 0 aromatic heterocycles. The molecular formula is C54H38N2OSSi. The summed E-state index contributed by atoms with van der Waals surface area (Å²) in [4.78, 5) is 7.32. The Morgan fingerprint density at radius 2 is 0.695 bits per heavy atom. The van der Waals surface area contributed by atoms with Gasteiger partial charge >= 0.3 is 0 Å². The molecule has 0 bridgehead atoms. The Bertz CT molecular complexity index is 2670. The monoisotopic (exact) mass is 790 g/mol. The van der Waals surface area contributed by atoms with Gasteiger partial charge in [-0.25, -0.2) is 0 Å². The minimum absolute atomic E-state index is 0.824. The average Bonchev–Trinajstić information content (AvgIpc) is 3.31. The minimum atomic E-state index is -2.86. The van der Waals surface area contributed by atoms with Crippen molar-refractivity contribution in [2.24, 2.45) is 0 Å². The van der Waals surface area contributed by atoms with Crippen molar-refractivity contribution in [1.82, 2.24) is 0 Å². The Hall–Kier alpha value is -7.05. The maximum Gasteiger partial charge on any atom is 0.179 e. The number of nitrogens with zero attached hydrogens (tertiary/aromatic N) is 2. The molecule has 3 nitrogen and oxygen atoms in total. The standard InChI is InChI=1S/C54H38N2OSSi/c1-4-21-40(22-5-1)59(41-23-6-2-7-24-41,42-25-8-3-9-26-42)43-27-18-20-39(38-43)54-48(55-44-28-10-14-34-50(44)57-51-35-15-11-29-45(51)55)32-19-33-49(54)56-46-30-12-16-36-52(46)58-53-37-17-13-31-47(53)56/h1-38H. The fourth-order valence-electron chi connectivity index (χ4n) is 9.10. The fourth-order valence-corrected chi connectivity index (χ4v) is 15.0. The summed E-state index contributed by atoms with van der Waals surface area (Å²) in [5.41, 5.74) is 8.77. The summed E-state index contributed by atoms with van der Waals surface area (Å²) in [5.74, 6) is 1.65. The Labute approximate surface area is 350 Å². The summed E-state index contributed by atoms with van der Waals surface area (Å²) in [6.45, 7) is 0. The van der Waals surface area contributed by atoms with E-state index in [0.717, 1.165) is 56.8 Å².